The van der Waals surface area contributed by atoms with E-state index in [-0.39, 0.29) is 12.4 Å². The van der Waals surface area contributed by atoms with Gasteiger partial charge < -0.3 is 9.15 Å². The predicted octanol–water partition coefficient (Wildman–Crippen LogP) is 5.00. The highest BCUT2D eigenvalue weighted by Crippen LogP contribution is 2.27. The largest absolute Gasteiger partial charge is 0.485 e. The van der Waals surface area contributed by atoms with Crippen molar-refractivity contribution in [3.8, 4) is 5.75 Å². The molecule has 3 aromatic rings. The van der Waals surface area contributed by atoms with Crippen molar-refractivity contribution in [3.05, 3.63) is 64.3 Å². The van der Waals surface area contributed by atoms with Crippen molar-refractivity contribution >= 4 is 40.0 Å². The maximum absolute atomic E-state index is 12.2. The molecule has 0 aliphatic rings. The molecule has 0 amide bonds. The second kappa shape index (κ2) is 5.80. The summed E-state index contributed by atoms with van der Waals surface area (Å²) in [7, 11) is 0. The highest BCUT2D eigenvalue weighted by Gasteiger charge is 2.14. The van der Waals surface area contributed by atoms with Gasteiger partial charge in [-0.3, -0.25) is 4.79 Å². The topological polar surface area (TPSA) is 39.4 Å². The molecule has 0 radical (unpaired) electrons. The van der Waals surface area contributed by atoms with Gasteiger partial charge in [-0.1, -0.05) is 41.4 Å². The lowest BCUT2D eigenvalue weighted by Crippen LogP contribution is -2.11. The molecule has 0 bridgehead atoms. The molecule has 0 atom stereocenters. The number of para-hydroxylation sites is 1. The first-order valence-corrected chi connectivity index (χ1v) is 6.98. The van der Waals surface area contributed by atoms with E-state index in [1.165, 1.54) is 6.26 Å². The number of ether oxygens (including phenoxy) is 1. The molecule has 0 N–H and O–H groups in total. The van der Waals surface area contributed by atoms with Crippen LogP contribution in [0, 0.1) is 0 Å². The van der Waals surface area contributed by atoms with Crippen LogP contribution < -0.4 is 4.74 Å². The van der Waals surface area contributed by atoms with Gasteiger partial charge in [0.05, 0.1) is 15.6 Å². The van der Waals surface area contributed by atoms with Crippen LogP contribution in [0.1, 0.15) is 10.4 Å². The average Bonchev–Trinajstić information content (AvgIpc) is 2.92. The number of fused-ring (bicyclic) bond motifs is 1. The van der Waals surface area contributed by atoms with E-state index in [2.05, 4.69) is 0 Å². The van der Waals surface area contributed by atoms with E-state index in [4.69, 9.17) is 32.4 Å². The lowest BCUT2D eigenvalue weighted by atomic mass is 10.1. The lowest BCUT2D eigenvalue weighted by Gasteiger charge is -2.05. The Morgan fingerprint density at radius 3 is 2.71 bits per heavy atom. The number of hydrogen-bond acceptors (Lipinski definition) is 3. The van der Waals surface area contributed by atoms with Gasteiger partial charge in [-0.25, -0.2) is 0 Å². The van der Waals surface area contributed by atoms with Gasteiger partial charge in [0, 0.05) is 11.5 Å². The summed E-state index contributed by atoms with van der Waals surface area (Å²) in [6.07, 6.45) is 1.45. The molecule has 21 heavy (non-hydrogen) atoms. The van der Waals surface area contributed by atoms with Crippen LogP contribution in [0.3, 0.4) is 0 Å². The zero-order valence-corrected chi connectivity index (χ0v) is 12.3. The number of benzene rings is 2. The number of hydrogen-bond donors (Lipinski definition) is 0. The van der Waals surface area contributed by atoms with Gasteiger partial charge in [0.25, 0.3) is 0 Å². The smallest absolute Gasteiger partial charge is 0.204 e. The Balaban J connectivity index is 1.76. The van der Waals surface area contributed by atoms with E-state index < -0.39 is 0 Å². The number of halogens is 2. The summed E-state index contributed by atoms with van der Waals surface area (Å²) in [5.74, 6) is 0.330. The van der Waals surface area contributed by atoms with Crippen LogP contribution in [0.25, 0.3) is 11.0 Å². The highest BCUT2D eigenvalue weighted by molar-refractivity contribution is 6.42. The van der Waals surface area contributed by atoms with E-state index >= 15 is 0 Å². The van der Waals surface area contributed by atoms with E-state index in [0.717, 1.165) is 5.39 Å². The monoisotopic (exact) mass is 320 g/mol. The molecule has 2 aromatic carbocycles. The summed E-state index contributed by atoms with van der Waals surface area (Å²) in [6, 6.07) is 12.2. The number of Topliss-reactive ketones (excluding diaryl/α,β-unsaturated/α-hetero) is 1. The Morgan fingerprint density at radius 2 is 1.90 bits per heavy atom. The first kappa shape index (κ1) is 14.0. The second-order valence-corrected chi connectivity index (χ2v) is 5.25. The Bertz CT molecular complexity index is 808. The van der Waals surface area contributed by atoms with Crippen LogP contribution in [0.5, 0.6) is 5.75 Å². The van der Waals surface area contributed by atoms with Crippen molar-refractivity contribution in [1.29, 1.82) is 0 Å². The molecule has 0 spiro atoms. The summed E-state index contributed by atoms with van der Waals surface area (Å²) in [4.78, 5) is 12.2. The second-order valence-electron chi connectivity index (χ2n) is 4.43. The minimum atomic E-state index is -0.161. The average molecular weight is 321 g/mol. The molecule has 0 saturated heterocycles. The van der Waals surface area contributed by atoms with Crippen molar-refractivity contribution in [3.63, 3.8) is 0 Å². The van der Waals surface area contributed by atoms with Crippen LogP contribution in [0.4, 0.5) is 0 Å². The van der Waals surface area contributed by atoms with Crippen LogP contribution in [0.2, 0.25) is 10.0 Å². The fraction of sp³-hybridized carbons (Fsp3) is 0.0625. The van der Waals surface area contributed by atoms with Gasteiger partial charge in [0.2, 0.25) is 5.78 Å². The van der Waals surface area contributed by atoms with E-state index in [1.54, 1.807) is 18.2 Å². The van der Waals surface area contributed by atoms with E-state index in [1.807, 2.05) is 24.3 Å². The van der Waals surface area contributed by atoms with Crippen molar-refractivity contribution in [2.24, 2.45) is 0 Å². The summed E-state index contributed by atoms with van der Waals surface area (Å²) in [5, 5.41) is 1.60. The summed E-state index contributed by atoms with van der Waals surface area (Å²) >= 11 is 11.7. The molecule has 3 nitrogen and oxygen atoms in total. The molecule has 1 heterocycles. The molecule has 1 aromatic heterocycles. The Morgan fingerprint density at radius 1 is 1.10 bits per heavy atom. The van der Waals surface area contributed by atoms with E-state index in [0.29, 0.717) is 26.9 Å². The summed E-state index contributed by atoms with van der Waals surface area (Å²) in [5.41, 5.74) is 1.18. The maximum atomic E-state index is 12.2. The third-order valence-corrected chi connectivity index (χ3v) is 3.78. The molecule has 106 valence electrons. The van der Waals surface area contributed by atoms with Gasteiger partial charge in [-0.05, 0) is 18.2 Å². The first-order valence-electron chi connectivity index (χ1n) is 6.22. The summed E-state index contributed by atoms with van der Waals surface area (Å²) in [6.45, 7) is -0.0957. The normalized spacial score (nSPS) is 10.8. The van der Waals surface area contributed by atoms with Crippen LogP contribution in [-0.2, 0) is 0 Å². The lowest BCUT2D eigenvalue weighted by molar-refractivity contribution is 0.0922. The van der Waals surface area contributed by atoms with Gasteiger partial charge >= 0.3 is 0 Å². The van der Waals surface area contributed by atoms with Crippen LogP contribution in [0.15, 0.2) is 53.1 Å². The standard InChI is InChI=1S/C16H10Cl2O3/c17-13-6-5-10(7-14(13)18)20-9-15(19)12-8-21-16-4-2-1-3-11(12)16/h1-8H,9H2. The minimum Gasteiger partial charge on any atom is -0.485 e. The third-order valence-electron chi connectivity index (χ3n) is 3.04. The first-order chi connectivity index (χ1) is 10.1. The molecule has 0 aliphatic carbocycles. The Kier molecular flexibility index (Phi) is 3.86. The van der Waals surface area contributed by atoms with Crippen molar-refractivity contribution in [2.75, 3.05) is 6.61 Å². The minimum absolute atomic E-state index is 0.0957. The molecule has 3 rings (SSSR count). The summed E-state index contributed by atoms with van der Waals surface area (Å²) < 4.78 is 10.8. The van der Waals surface area contributed by atoms with Crippen molar-refractivity contribution in [2.45, 2.75) is 0 Å². The number of carbonyl (C=O) groups excluding carboxylic acids is 1. The number of carbonyl (C=O) groups is 1. The molecule has 5 heteroatoms. The number of furan rings is 1. The van der Waals surface area contributed by atoms with Crippen molar-refractivity contribution in [1.82, 2.24) is 0 Å². The van der Waals surface area contributed by atoms with Crippen molar-refractivity contribution < 1.29 is 13.9 Å². The zero-order chi connectivity index (χ0) is 14.8. The van der Waals surface area contributed by atoms with Crippen LogP contribution >= 0.6 is 23.2 Å². The van der Waals surface area contributed by atoms with Gasteiger partial charge in [-0.2, -0.15) is 0 Å². The molecule has 0 unspecified atom stereocenters. The Labute approximate surface area is 131 Å². The maximum Gasteiger partial charge on any atom is 0.204 e. The number of ketones is 1. The SMILES string of the molecule is O=C(COc1ccc(Cl)c(Cl)c1)c1coc2ccccc12. The highest BCUT2D eigenvalue weighted by atomic mass is 35.5. The fourth-order valence-electron chi connectivity index (χ4n) is 1.99. The third kappa shape index (κ3) is 2.89. The Hall–Kier alpha value is -1.97. The van der Waals surface area contributed by atoms with Gasteiger partial charge in [0.15, 0.2) is 6.61 Å². The van der Waals surface area contributed by atoms with Gasteiger partial charge in [0.1, 0.15) is 17.6 Å². The zero-order valence-electron chi connectivity index (χ0n) is 10.8. The molecular weight excluding hydrogens is 311 g/mol. The fourth-order valence-corrected chi connectivity index (χ4v) is 2.28. The molecular formula is C16H10Cl2O3. The van der Waals surface area contributed by atoms with Crippen LogP contribution in [-0.4, -0.2) is 12.4 Å². The predicted molar refractivity (Wildman–Crippen MR) is 82.5 cm³/mol. The molecule has 0 saturated carbocycles. The number of rotatable bonds is 4. The van der Waals surface area contributed by atoms with Gasteiger partial charge in [-0.15, -0.1) is 0 Å². The molecule has 0 fully saturated rings. The molecule has 0 aliphatic heterocycles. The quantitative estimate of drug-likeness (QED) is 0.635. The van der Waals surface area contributed by atoms with E-state index in [9.17, 15) is 4.79 Å².